The summed E-state index contributed by atoms with van der Waals surface area (Å²) in [5.41, 5.74) is 0. The summed E-state index contributed by atoms with van der Waals surface area (Å²) in [7, 11) is 0. The lowest BCUT2D eigenvalue weighted by Gasteiger charge is -2.06. The third-order valence-corrected chi connectivity index (χ3v) is 5.42. The summed E-state index contributed by atoms with van der Waals surface area (Å²) < 4.78 is 54.5. The molecule has 0 fully saturated rings. The van der Waals surface area contributed by atoms with E-state index < -0.39 is 28.0 Å². The number of thiophene rings is 1. The van der Waals surface area contributed by atoms with Gasteiger partial charge in [0.25, 0.3) is 11.7 Å². The van der Waals surface area contributed by atoms with Gasteiger partial charge in [-0.1, -0.05) is 23.4 Å². The predicted molar refractivity (Wildman–Crippen MR) is 84.6 cm³/mol. The van der Waals surface area contributed by atoms with E-state index in [1.165, 1.54) is 6.07 Å². The molecule has 2 aromatic heterocycles. The predicted octanol–water partition coefficient (Wildman–Crippen LogP) is 3.85. The van der Waals surface area contributed by atoms with Gasteiger partial charge in [-0.3, -0.25) is 4.79 Å². The molecule has 0 amide bonds. The van der Waals surface area contributed by atoms with Crippen LogP contribution in [0, 0.1) is 0 Å². The fraction of sp³-hybridized carbons (Fsp3) is 0.133. The number of benzene rings is 1. The Kier molecular flexibility index (Phi) is 4.93. The van der Waals surface area contributed by atoms with Gasteiger partial charge in [0.2, 0.25) is 5.82 Å². The van der Waals surface area contributed by atoms with Crippen LogP contribution in [0.5, 0.6) is 0 Å². The lowest BCUT2D eigenvalue weighted by molar-refractivity contribution is -0.0882. The molecule has 0 spiro atoms. The Labute approximate surface area is 146 Å². The number of ketones is 1. The number of hydrogen-bond acceptors (Lipinski definition) is 6. The molecule has 3 aromatic rings. The van der Waals surface area contributed by atoms with Crippen LogP contribution in [0.1, 0.15) is 15.5 Å². The van der Waals surface area contributed by atoms with E-state index in [-0.39, 0.29) is 22.3 Å². The Balaban J connectivity index is 1.74. The van der Waals surface area contributed by atoms with Crippen LogP contribution in [-0.2, 0) is 16.9 Å². The molecule has 0 radical (unpaired) electrons. The fourth-order valence-corrected chi connectivity index (χ4v) is 3.77. The lowest BCUT2D eigenvalue weighted by atomic mass is 10.3. The van der Waals surface area contributed by atoms with Crippen molar-refractivity contribution in [3.05, 3.63) is 53.2 Å². The number of aromatic nitrogens is 2. The molecule has 0 saturated carbocycles. The van der Waals surface area contributed by atoms with E-state index in [0.717, 1.165) is 6.07 Å². The number of nitrogens with zero attached hydrogens (tertiary/aromatic N) is 2. The molecule has 10 heteroatoms. The summed E-state index contributed by atoms with van der Waals surface area (Å²) in [6.45, 7) is 0. The molecule has 1 unspecified atom stereocenters. The van der Waals surface area contributed by atoms with E-state index in [4.69, 9.17) is 4.52 Å². The van der Waals surface area contributed by atoms with Crippen LogP contribution in [0.3, 0.4) is 0 Å². The highest BCUT2D eigenvalue weighted by Crippen LogP contribution is 2.31. The Morgan fingerprint density at radius 3 is 2.60 bits per heavy atom. The zero-order valence-electron chi connectivity index (χ0n) is 12.3. The van der Waals surface area contributed by atoms with Crippen LogP contribution < -0.4 is 0 Å². The van der Waals surface area contributed by atoms with Gasteiger partial charge in [0, 0.05) is 0 Å². The maximum atomic E-state index is 12.4. The van der Waals surface area contributed by atoms with Crippen molar-refractivity contribution in [2.75, 3.05) is 0 Å². The number of rotatable bonds is 5. The quantitative estimate of drug-likeness (QED) is 0.492. The van der Waals surface area contributed by atoms with Crippen LogP contribution in [0.4, 0.5) is 13.2 Å². The Hall–Kier alpha value is -2.17. The lowest BCUT2D eigenvalue weighted by Crippen LogP contribution is -2.21. The molecule has 0 aliphatic heterocycles. The van der Waals surface area contributed by atoms with Gasteiger partial charge in [-0.05, 0) is 35.4 Å². The first kappa shape index (κ1) is 17.6. The summed E-state index contributed by atoms with van der Waals surface area (Å²) in [6.07, 6.45) is -4.94. The van der Waals surface area contributed by atoms with Gasteiger partial charge in [-0.15, -0.1) is 11.3 Å². The summed E-state index contributed by atoms with van der Waals surface area (Å²) in [6, 6.07) is 11.1. The highest BCUT2D eigenvalue weighted by atomic mass is 32.2. The summed E-state index contributed by atoms with van der Waals surface area (Å²) in [5, 5.41) is 3.68. The minimum Gasteiger partial charge on any atom is -0.611 e. The van der Waals surface area contributed by atoms with E-state index >= 15 is 0 Å². The molecule has 0 N–H and O–H groups in total. The van der Waals surface area contributed by atoms with Crippen LogP contribution in [0.15, 0.2) is 51.9 Å². The minimum atomic E-state index is -4.94. The average molecular weight is 386 g/mol. The second kappa shape index (κ2) is 6.98. The van der Waals surface area contributed by atoms with Gasteiger partial charge in [0.15, 0.2) is 10.6 Å². The molecule has 0 bridgehead atoms. The van der Waals surface area contributed by atoms with Gasteiger partial charge in [0.1, 0.15) is 0 Å². The third kappa shape index (κ3) is 4.09. The van der Waals surface area contributed by atoms with E-state index in [2.05, 4.69) is 10.1 Å². The standard InChI is InChI=1S/C15H9F3N2O3S2/c16-15(17,18)13(21)10-6-7-11(24-10)14-19-12(20-23-14)8-25(22)9-4-2-1-3-5-9/h1-7H,8H2. The molecule has 0 aliphatic carbocycles. The Morgan fingerprint density at radius 1 is 1.20 bits per heavy atom. The molecule has 2 heterocycles. The Morgan fingerprint density at radius 2 is 1.92 bits per heavy atom. The van der Waals surface area contributed by atoms with Gasteiger partial charge >= 0.3 is 6.18 Å². The zero-order valence-corrected chi connectivity index (χ0v) is 14.0. The maximum absolute atomic E-state index is 12.4. The topological polar surface area (TPSA) is 79.0 Å². The normalized spacial score (nSPS) is 13.0. The second-order valence-electron chi connectivity index (χ2n) is 4.81. The van der Waals surface area contributed by atoms with Crippen LogP contribution in [-0.4, -0.2) is 26.7 Å². The first-order valence-electron chi connectivity index (χ1n) is 6.82. The van der Waals surface area contributed by atoms with Crippen molar-refractivity contribution in [2.45, 2.75) is 16.8 Å². The number of alkyl halides is 3. The first-order chi connectivity index (χ1) is 11.8. The van der Waals surface area contributed by atoms with Crippen molar-refractivity contribution in [1.29, 1.82) is 0 Å². The number of Topliss-reactive ketones (excluding diaryl/α,β-unsaturated/α-hetero) is 1. The van der Waals surface area contributed by atoms with E-state index in [9.17, 15) is 22.5 Å². The van der Waals surface area contributed by atoms with Crippen molar-refractivity contribution in [3.63, 3.8) is 0 Å². The molecule has 0 saturated heterocycles. The summed E-state index contributed by atoms with van der Waals surface area (Å²) >= 11 is -0.768. The molecule has 1 aromatic carbocycles. The van der Waals surface area contributed by atoms with Crippen molar-refractivity contribution < 1.29 is 27.0 Å². The number of hydrogen-bond donors (Lipinski definition) is 0. The monoisotopic (exact) mass is 386 g/mol. The summed E-state index contributed by atoms with van der Waals surface area (Å²) in [4.78, 5) is 15.6. The molecule has 130 valence electrons. The van der Waals surface area contributed by atoms with Crippen molar-refractivity contribution in [3.8, 4) is 10.8 Å². The smallest absolute Gasteiger partial charge is 0.455 e. The first-order valence-corrected chi connectivity index (χ1v) is 8.96. The molecular weight excluding hydrogens is 377 g/mol. The number of carbonyl (C=O) groups is 1. The second-order valence-corrected chi connectivity index (χ2v) is 7.34. The molecule has 1 atom stereocenters. The molecule has 3 rings (SSSR count). The zero-order chi connectivity index (χ0) is 18.0. The van der Waals surface area contributed by atoms with Gasteiger partial charge in [-0.25, -0.2) is 0 Å². The third-order valence-electron chi connectivity index (χ3n) is 3.03. The molecule has 0 aliphatic rings. The van der Waals surface area contributed by atoms with Gasteiger partial charge in [0.05, 0.1) is 9.75 Å². The molecule has 25 heavy (non-hydrogen) atoms. The van der Waals surface area contributed by atoms with Gasteiger partial charge < -0.3 is 9.08 Å². The van der Waals surface area contributed by atoms with E-state index in [0.29, 0.717) is 16.2 Å². The van der Waals surface area contributed by atoms with Crippen LogP contribution in [0.25, 0.3) is 10.8 Å². The average Bonchev–Trinajstić information content (AvgIpc) is 3.23. The highest BCUT2D eigenvalue weighted by Gasteiger charge is 2.40. The Bertz CT molecular complexity index is 878. The van der Waals surface area contributed by atoms with Crippen LogP contribution in [0.2, 0.25) is 0 Å². The number of carbonyl (C=O) groups excluding carboxylic acids is 1. The highest BCUT2D eigenvalue weighted by molar-refractivity contribution is 7.90. The number of halogens is 3. The molecular formula is C15H9F3N2O3S2. The molecule has 5 nitrogen and oxygen atoms in total. The van der Waals surface area contributed by atoms with E-state index in [1.807, 2.05) is 0 Å². The summed E-state index contributed by atoms with van der Waals surface area (Å²) in [5.74, 6) is -1.78. The van der Waals surface area contributed by atoms with Crippen LogP contribution >= 0.6 is 11.3 Å². The van der Waals surface area contributed by atoms with Crippen molar-refractivity contribution in [1.82, 2.24) is 10.1 Å². The van der Waals surface area contributed by atoms with E-state index in [1.54, 1.807) is 30.3 Å². The van der Waals surface area contributed by atoms with Gasteiger partial charge in [-0.2, -0.15) is 18.2 Å². The maximum Gasteiger partial charge on any atom is 0.455 e. The largest absolute Gasteiger partial charge is 0.611 e. The SMILES string of the molecule is O=C(c1ccc(-c2nc(C[S+]([O-])c3ccccc3)no2)s1)C(F)(F)F. The fourth-order valence-electron chi connectivity index (χ4n) is 1.90. The van der Waals surface area contributed by atoms with Crippen molar-refractivity contribution in [2.24, 2.45) is 0 Å². The van der Waals surface area contributed by atoms with Crippen molar-refractivity contribution >= 4 is 28.3 Å². The minimum absolute atomic E-state index is 0.00717.